The molecule has 0 atom stereocenters. The summed E-state index contributed by atoms with van der Waals surface area (Å²) in [7, 11) is 0. The Morgan fingerprint density at radius 1 is 1.00 bits per heavy atom. The molecule has 0 aliphatic heterocycles. The molecule has 1 aromatic carbocycles. The second kappa shape index (κ2) is 4.89. The molecule has 2 heterocycles. The molecule has 3 rings (SSSR count). The average molecular weight is 311 g/mol. The highest BCUT2D eigenvalue weighted by molar-refractivity contribution is 6.29. The van der Waals surface area contributed by atoms with Crippen LogP contribution in [0.1, 0.15) is 0 Å². The number of pyridine rings is 2. The van der Waals surface area contributed by atoms with Crippen LogP contribution in [-0.4, -0.2) is 9.55 Å². The summed E-state index contributed by atoms with van der Waals surface area (Å²) in [4.78, 5) is 15.7. The maximum atomic E-state index is 13.9. The molecule has 0 radical (unpaired) electrons. The third kappa shape index (κ3) is 2.17. The maximum absolute atomic E-state index is 13.9. The van der Waals surface area contributed by atoms with Crippen molar-refractivity contribution in [2.45, 2.75) is 0 Å². The third-order valence-corrected chi connectivity index (χ3v) is 3.19. The molecule has 0 saturated carbocycles. The first-order valence-corrected chi connectivity index (χ1v) is 6.18. The van der Waals surface area contributed by atoms with Crippen LogP contribution in [0.15, 0.2) is 41.3 Å². The van der Waals surface area contributed by atoms with Crippen LogP contribution in [0.3, 0.4) is 0 Å². The predicted octanol–water partition coefficient (Wildman–Crippen LogP) is 3.46. The van der Waals surface area contributed by atoms with E-state index in [1.165, 1.54) is 24.4 Å². The van der Waals surface area contributed by atoms with Gasteiger partial charge in [-0.1, -0.05) is 11.6 Å². The smallest absolute Gasteiger partial charge is 0.196 e. The Morgan fingerprint density at radius 3 is 2.52 bits per heavy atom. The van der Waals surface area contributed by atoms with Gasteiger partial charge in [-0.25, -0.2) is 18.2 Å². The van der Waals surface area contributed by atoms with Gasteiger partial charge in [0.1, 0.15) is 10.8 Å². The van der Waals surface area contributed by atoms with Crippen molar-refractivity contribution in [1.82, 2.24) is 9.55 Å². The van der Waals surface area contributed by atoms with Gasteiger partial charge in [-0.3, -0.25) is 9.36 Å². The summed E-state index contributed by atoms with van der Waals surface area (Å²) in [5.41, 5.74) is -0.554. The molecule has 0 unspecified atom stereocenters. The summed E-state index contributed by atoms with van der Waals surface area (Å²) in [6.45, 7) is 0. The first-order chi connectivity index (χ1) is 9.99. The number of hydrogen-bond donors (Lipinski definition) is 0. The van der Waals surface area contributed by atoms with Gasteiger partial charge in [0.2, 0.25) is 0 Å². The average Bonchev–Trinajstić information content (AvgIpc) is 2.46. The van der Waals surface area contributed by atoms with Crippen molar-refractivity contribution < 1.29 is 13.2 Å². The molecule has 3 nitrogen and oxygen atoms in total. The van der Waals surface area contributed by atoms with Crippen LogP contribution in [0.5, 0.6) is 0 Å². The molecule has 0 fully saturated rings. The van der Waals surface area contributed by atoms with Crippen molar-refractivity contribution in [3.8, 4) is 5.69 Å². The van der Waals surface area contributed by atoms with E-state index in [2.05, 4.69) is 4.98 Å². The first kappa shape index (κ1) is 13.6. The van der Waals surface area contributed by atoms with Gasteiger partial charge in [-0.15, -0.1) is 0 Å². The monoisotopic (exact) mass is 310 g/mol. The van der Waals surface area contributed by atoms with Gasteiger partial charge in [-0.05, 0) is 24.3 Å². The number of hydrogen-bond acceptors (Lipinski definition) is 2. The molecular formula is C14H6ClF3N2O. The standard InChI is InChI=1S/C14H6ClF3N2O/c15-11-4-1-7-10(21)5-6-20(14(7)19-11)9-3-2-8(16)12(17)13(9)18/h1-6H. The van der Waals surface area contributed by atoms with E-state index in [1.54, 1.807) is 0 Å². The van der Waals surface area contributed by atoms with Gasteiger partial charge in [0.05, 0.1) is 11.1 Å². The largest absolute Gasteiger partial charge is 0.298 e. The molecule has 3 aromatic rings. The number of nitrogens with zero attached hydrogens (tertiary/aromatic N) is 2. The lowest BCUT2D eigenvalue weighted by atomic mass is 10.2. The molecule has 0 N–H and O–H groups in total. The molecule has 0 bridgehead atoms. The normalized spacial score (nSPS) is 11.0. The highest BCUT2D eigenvalue weighted by Gasteiger charge is 2.16. The Balaban J connectivity index is 2.41. The van der Waals surface area contributed by atoms with Crippen molar-refractivity contribution in [2.24, 2.45) is 0 Å². The summed E-state index contributed by atoms with van der Waals surface area (Å²) in [6.07, 6.45) is 1.23. The highest BCUT2D eigenvalue weighted by atomic mass is 35.5. The molecule has 0 aliphatic carbocycles. The van der Waals surface area contributed by atoms with Crippen LogP contribution in [0.25, 0.3) is 16.7 Å². The lowest BCUT2D eigenvalue weighted by Crippen LogP contribution is -2.10. The maximum Gasteiger partial charge on any atom is 0.196 e. The number of benzene rings is 1. The highest BCUT2D eigenvalue weighted by Crippen LogP contribution is 2.22. The van der Waals surface area contributed by atoms with Crippen LogP contribution in [-0.2, 0) is 0 Å². The van der Waals surface area contributed by atoms with Gasteiger partial charge in [0.25, 0.3) is 0 Å². The third-order valence-electron chi connectivity index (χ3n) is 2.98. The van der Waals surface area contributed by atoms with E-state index in [1.807, 2.05) is 0 Å². The number of halogens is 4. The minimum Gasteiger partial charge on any atom is -0.298 e. The van der Waals surface area contributed by atoms with Gasteiger partial charge in [0.15, 0.2) is 22.9 Å². The minimum atomic E-state index is -1.60. The minimum absolute atomic E-state index is 0.0555. The molecule has 0 amide bonds. The van der Waals surface area contributed by atoms with Crippen molar-refractivity contribution in [1.29, 1.82) is 0 Å². The summed E-state index contributed by atoms with van der Waals surface area (Å²) >= 11 is 5.77. The second-order valence-corrected chi connectivity index (χ2v) is 4.64. The Bertz CT molecular complexity index is 924. The fraction of sp³-hybridized carbons (Fsp3) is 0. The second-order valence-electron chi connectivity index (χ2n) is 4.25. The Labute approximate surface area is 121 Å². The Morgan fingerprint density at radius 2 is 1.76 bits per heavy atom. The quantitative estimate of drug-likeness (QED) is 0.509. The number of aromatic nitrogens is 2. The molecule has 0 saturated heterocycles. The van der Waals surface area contributed by atoms with Crippen LogP contribution < -0.4 is 5.43 Å². The number of rotatable bonds is 1. The van der Waals surface area contributed by atoms with E-state index in [4.69, 9.17) is 11.6 Å². The topological polar surface area (TPSA) is 34.9 Å². The summed E-state index contributed by atoms with van der Waals surface area (Å²) < 4.78 is 41.4. The fourth-order valence-electron chi connectivity index (χ4n) is 2.00. The van der Waals surface area contributed by atoms with Gasteiger partial charge in [0, 0.05) is 12.3 Å². The van der Waals surface area contributed by atoms with Gasteiger partial charge in [-0.2, -0.15) is 0 Å². The molecule has 0 aliphatic rings. The van der Waals surface area contributed by atoms with Crippen molar-refractivity contribution in [2.75, 3.05) is 0 Å². The molecule has 21 heavy (non-hydrogen) atoms. The first-order valence-electron chi connectivity index (χ1n) is 5.81. The molecule has 7 heteroatoms. The van der Waals surface area contributed by atoms with E-state index in [0.29, 0.717) is 0 Å². The summed E-state index contributed by atoms with van der Waals surface area (Å²) in [5, 5.41) is 0.274. The van der Waals surface area contributed by atoms with Crippen molar-refractivity contribution in [3.05, 3.63) is 69.4 Å². The molecule has 106 valence electrons. The van der Waals surface area contributed by atoms with E-state index in [0.717, 1.165) is 16.7 Å². The van der Waals surface area contributed by atoms with Gasteiger partial charge < -0.3 is 0 Å². The zero-order valence-electron chi connectivity index (χ0n) is 10.3. The molecule has 2 aromatic heterocycles. The van der Waals surface area contributed by atoms with Crippen molar-refractivity contribution in [3.63, 3.8) is 0 Å². The van der Waals surface area contributed by atoms with Crippen LogP contribution in [0, 0.1) is 17.5 Å². The Hall–Kier alpha value is -2.34. The fourth-order valence-corrected chi connectivity index (χ4v) is 2.14. The van der Waals surface area contributed by atoms with E-state index < -0.39 is 17.5 Å². The number of fused-ring (bicyclic) bond motifs is 1. The van der Waals surface area contributed by atoms with E-state index in [-0.39, 0.29) is 27.3 Å². The summed E-state index contributed by atoms with van der Waals surface area (Å²) in [5.74, 6) is -4.27. The van der Waals surface area contributed by atoms with Crippen LogP contribution >= 0.6 is 11.6 Å². The Kier molecular flexibility index (Phi) is 3.17. The molecule has 0 spiro atoms. The van der Waals surface area contributed by atoms with Gasteiger partial charge >= 0.3 is 0 Å². The molecular weight excluding hydrogens is 305 g/mol. The van der Waals surface area contributed by atoms with Crippen LogP contribution in [0.2, 0.25) is 5.15 Å². The van der Waals surface area contributed by atoms with Crippen molar-refractivity contribution >= 4 is 22.6 Å². The van der Waals surface area contributed by atoms with E-state index in [9.17, 15) is 18.0 Å². The van der Waals surface area contributed by atoms with Crippen LogP contribution in [0.4, 0.5) is 13.2 Å². The lowest BCUT2D eigenvalue weighted by Gasteiger charge is -2.11. The van der Waals surface area contributed by atoms with E-state index >= 15 is 0 Å². The summed E-state index contributed by atoms with van der Waals surface area (Å²) in [6, 6.07) is 5.87. The predicted molar refractivity (Wildman–Crippen MR) is 72.2 cm³/mol. The lowest BCUT2D eigenvalue weighted by molar-refractivity contribution is 0.445. The zero-order chi connectivity index (χ0) is 15.1. The SMILES string of the molecule is O=c1ccn(-c2ccc(F)c(F)c2F)c2nc(Cl)ccc12. The zero-order valence-corrected chi connectivity index (χ0v) is 11.0.